The van der Waals surface area contributed by atoms with Crippen LogP contribution in [0.2, 0.25) is 0 Å². The number of alkyl halides is 1. The largest absolute Gasteiger partial charge is 0.494 e. The fourth-order valence-corrected chi connectivity index (χ4v) is 2.09. The van der Waals surface area contributed by atoms with Gasteiger partial charge in [0.1, 0.15) is 17.4 Å². The van der Waals surface area contributed by atoms with E-state index >= 15 is 0 Å². The van der Waals surface area contributed by atoms with Gasteiger partial charge < -0.3 is 14.8 Å². The first-order chi connectivity index (χ1) is 8.74. The minimum absolute atomic E-state index is 0.0299. The molecule has 0 fully saturated rings. The van der Waals surface area contributed by atoms with Gasteiger partial charge in [-0.25, -0.2) is 0 Å². The highest BCUT2D eigenvalue weighted by Gasteiger charge is 2.23. The first kappa shape index (κ1) is 13.0. The zero-order valence-electron chi connectivity index (χ0n) is 10.2. The van der Waals surface area contributed by atoms with Crippen LogP contribution in [0.25, 0.3) is 0 Å². The average Bonchev–Trinajstić information content (AvgIpc) is 2.39. The summed E-state index contributed by atoms with van der Waals surface area (Å²) in [6.45, 7) is 3.13. The summed E-state index contributed by atoms with van der Waals surface area (Å²) in [5.74, 6) is 1.38. The fourth-order valence-electron chi connectivity index (χ4n) is 2.01. The second-order valence-electron chi connectivity index (χ2n) is 4.02. The van der Waals surface area contributed by atoms with E-state index in [-0.39, 0.29) is 17.8 Å². The number of ether oxygens (including phenoxy) is 2. The second-order valence-corrected chi connectivity index (χ2v) is 4.29. The number of hydrogen-bond donors (Lipinski definition) is 1. The highest BCUT2D eigenvalue weighted by molar-refractivity contribution is 6.27. The fraction of sp³-hybridized carbons (Fsp3) is 0.462. The van der Waals surface area contributed by atoms with Gasteiger partial charge in [0.05, 0.1) is 19.3 Å². The molecule has 0 aromatic heterocycles. The van der Waals surface area contributed by atoms with Crippen LogP contribution in [0.15, 0.2) is 18.2 Å². The van der Waals surface area contributed by atoms with Crippen LogP contribution in [0.4, 0.5) is 0 Å². The molecule has 0 saturated heterocycles. The van der Waals surface area contributed by atoms with Gasteiger partial charge in [-0.1, -0.05) is 0 Å². The van der Waals surface area contributed by atoms with E-state index in [0.717, 1.165) is 23.5 Å². The Morgan fingerprint density at radius 3 is 3.17 bits per heavy atom. The summed E-state index contributed by atoms with van der Waals surface area (Å²) in [5.41, 5.74) is 0.950. The molecule has 1 aliphatic rings. The smallest absolute Gasteiger partial charge is 0.235 e. The molecule has 1 aromatic rings. The van der Waals surface area contributed by atoms with E-state index in [1.54, 1.807) is 0 Å². The lowest BCUT2D eigenvalue weighted by atomic mass is 10.00. The quantitative estimate of drug-likeness (QED) is 0.853. The number of carbonyl (C=O) groups excluding carboxylic acids is 1. The number of carbonyl (C=O) groups is 1. The molecule has 18 heavy (non-hydrogen) atoms. The molecule has 0 spiro atoms. The maximum Gasteiger partial charge on any atom is 0.235 e. The predicted molar refractivity (Wildman–Crippen MR) is 69.3 cm³/mol. The van der Waals surface area contributed by atoms with E-state index in [1.807, 2.05) is 25.1 Å². The third-order valence-electron chi connectivity index (χ3n) is 2.79. The van der Waals surface area contributed by atoms with Crippen molar-refractivity contribution in [2.45, 2.75) is 19.4 Å². The molecular formula is C13H16ClNO3. The SMILES string of the molecule is CCOc1ccc2c(c1)C(NC(=O)CCl)CCO2. The lowest BCUT2D eigenvalue weighted by molar-refractivity contribution is -0.119. The van der Waals surface area contributed by atoms with Gasteiger partial charge in [-0.05, 0) is 25.1 Å². The molecule has 1 amide bonds. The van der Waals surface area contributed by atoms with Crippen LogP contribution >= 0.6 is 11.6 Å². The summed E-state index contributed by atoms with van der Waals surface area (Å²) in [4.78, 5) is 11.4. The number of amides is 1. The highest BCUT2D eigenvalue weighted by Crippen LogP contribution is 2.34. The van der Waals surface area contributed by atoms with E-state index < -0.39 is 0 Å². The van der Waals surface area contributed by atoms with E-state index in [0.29, 0.717) is 13.2 Å². The molecule has 0 saturated carbocycles. The highest BCUT2D eigenvalue weighted by atomic mass is 35.5. The topological polar surface area (TPSA) is 47.6 Å². The Hall–Kier alpha value is -1.42. The Kier molecular flexibility index (Phi) is 4.31. The van der Waals surface area contributed by atoms with E-state index in [2.05, 4.69) is 5.32 Å². The van der Waals surface area contributed by atoms with E-state index in [9.17, 15) is 4.79 Å². The van der Waals surface area contributed by atoms with E-state index in [1.165, 1.54) is 0 Å². The molecule has 0 bridgehead atoms. The maximum atomic E-state index is 11.4. The van der Waals surface area contributed by atoms with Crippen molar-refractivity contribution in [2.75, 3.05) is 19.1 Å². The maximum absolute atomic E-state index is 11.4. The second kappa shape index (κ2) is 5.96. The van der Waals surface area contributed by atoms with Crippen molar-refractivity contribution in [3.63, 3.8) is 0 Å². The molecule has 98 valence electrons. The van der Waals surface area contributed by atoms with Crippen LogP contribution in [0.3, 0.4) is 0 Å². The van der Waals surface area contributed by atoms with Crippen LogP contribution in [0.1, 0.15) is 24.9 Å². The summed E-state index contributed by atoms with van der Waals surface area (Å²) in [6.07, 6.45) is 0.741. The van der Waals surface area contributed by atoms with Crippen molar-refractivity contribution in [1.82, 2.24) is 5.32 Å². The van der Waals surface area contributed by atoms with Gasteiger partial charge in [-0.2, -0.15) is 0 Å². The van der Waals surface area contributed by atoms with Crippen LogP contribution in [-0.4, -0.2) is 25.0 Å². The van der Waals surface area contributed by atoms with Gasteiger partial charge in [0.25, 0.3) is 0 Å². The van der Waals surface area contributed by atoms with Crippen molar-refractivity contribution >= 4 is 17.5 Å². The molecule has 2 rings (SSSR count). The molecule has 1 unspecified atom stereocenters. The molecule has 5 heteroatoms. The van der Waals surface area contributed by atoms with Gasteiger partial charge in [-0.15, -0.1) is 11.6 Å². The number of fused-ring (bicyclic) bond motifs is 1. The minimum Gasteiger partial charge on any atom is -0.494 e. The Labute approximate surface area is 111 Å². The van der Waals surface area contributed by atoms with Crippen molar-refractivity contribution in [1.29, 1.82) is 0 Å². The molecule has 0 aliphatic carbocycles. The predicted octanol–water partition coefficient (Wildman–Crippen LogP) is 2.26. The summed E-state index contributed by atoms with van der Waals surface area (Å²) >= 11 is 5.51. The molecule has 4 nitrogen and oxygen atoms in total. The number of hydrogen-bond acceptors (Lipinski definition) is 3. The van der Waals surface area contributed by atoms with Crippen molar-refractivity contribution in [2.24, 2.45) is 0 Å². The van der Waals surface area contributed by atoms with Gasteiger partial charge >= 0.3 is 0 Å². The number of rotatable bonds is 4. The molecule has 1 aromatic carbocycles. The molecule has 1 N–H and O–H groups in total. The van der Waals surface area contributed by atoms with Gasteiger partial charge in [0, 0.05) is 12.0 Å². The Morgan fingerprint density at radius 2 is 2.44 bits per heavy atom. The van der Waals surface area contributed by atoms with Gasteiger partial charge in [0.15, 0.2) is 0 Å². The minimum atomic E-state index is -0.170. The lowest BCUT2D eigenvalue weighted by Gasteiger charge is -2.27. The van der Waals surface area contributed by atoms with Crippen LogP contribution in [0.5, 0.6) is 11.5 Å². The zero-order chi connectivity index (χ0) is 13.0. The normalized spacial score (nSPS) is 17.6. The summed E-state index contributed by atoms with van der Waals surface area (Å²) in [7, 11) is 0. The summed E-state index contributed by atoms with van der Waals surface area (Å²) < 4.78 is 11.0. The molecule has 1 aliphatic heterocycles. The number of benzene rings is 1. The Morgan fingerprint density at radius 1 is 1.61 bits per heavy atom. The number of nitrogens with one attached hydrogen (secondary N) is 1. The standard InChI is InChI=1S/C13H16ClNO3/c1-2-17-9-3-4-12-10(7-9)11(5-6-18-12)15-13(16)8-14/h3-4,7,11H,2,5-6,8H2,1H3,(H,15,16). The van der Waals surface area contributed by atoms with Crippen molar-refractivity contribution in [3.05, 3.63) is 23.8 Å². The van der Waals surface area contributed by atoms with Crippen LogP contribution < -0.4 is 14.8 Å². The first-order valence-electron chi connectivity index (χ1n) is 5.99. The molecule has 0 radical (unpaired) electrons. The van der Waals surface area contributed by atoms with Gasteiger partial charge in [-0.3, -0.25) is 4.79 Å². The van der Waals surface area contributed by atoms with E-state index in [4.69, 9.17) is 21.1 Å². The Bertz CT molecular complexity index is 436. The van der Waals surface area contributed by atoms with Gasteiger partial charge in [0.2, 0.25) is 5.91 Å². The van der Waals surface area contributed by atoms with Crippen LogP contribution in [0, 0.1) is 0 Å². The third-order valence-corrected chi connectivity index (χ3v) is 3.03. The summed E-state index contributed by atoms with van der Waals surface area (Å²) in [6, 6.07) is 5.60. The average molecular weight is 270 g/mol. The third kappa shape index (κ3) is 2.88. The van der Waals surface area contributed by atoms with Crippen LogP contribution in [-0.2, 0) is 4.79 Å². The van der Waals surface area contributed by atoms with Crippen molar-refractivity contribution < 1.29 is 14.3 Å². The lowest BCUT2D eigenvalue weighted by Crippen LogP contribution is -2.32. The molecular weight excluding hydrogens is 254 g/mol. The molecule has 1 heterocycles. The molecule has 1 atom stereocenters. The monoisotopic (exact) mass is 269 g/mol. The van der Waals surface area contributed by atoms with Crippen molar-refractivity contribution in [3.8, 4) is 11.5 Å². The summed E-state index contributed by atoms with van der Waals surface area (Å²) in [5, 5.41) is 2.89. The first-order valence-corrected chi connectivity index (χ1v) is 6.53. The number of halogens is 1. The Balaban J connectivity index is 2.22. The zero-order valence-corrected chi connectivity index (χ0v) is 11.0.